The molecule has 2 aliphatic rings. The lowest BCUT2D eigenvalue weighted by molar-refractivity contribution is -0.0476. The third-order valence-electron chi connectivity index (χ3n) is 3.93. The van der Waals surface area contributed by atoms with Crippen LogP contribution in [0.25, 0.3) is 0 Å². The second-order valence-electron chi connectivity index (χ2n) is 6.45. The van der Waals surface area contributed by atoms with E-state index in [1.54, 1.807) is 11.8 Å². The Morgan fingerprint density at radius 2 is 2.22 bits per heavy atom. The lowest BCUT2D eigenvalue weighted by atomic mass is 9.90. The standard InChI is InChI=1S/C13H24N2O3/c1-9(16)13-6-5-10(7-14-8-13)15(13)11(17)18-12(2,3)4/h9-10,14,16H,5-8H2,1-4H3/t9-,10?,13?/m0/s1. The molecule has 0 spiro atoms. The molecule has 104 valence electrons. The third-order valence-corrected chi connectivity index (χ3v) is 3.93. The van der Waals surface area contributed by atoms with E-state index in [1.807, 2.05) is 20.8 Å². The molecule has 0 aliphatic carbocycles. The number of aliphatic hydroxyl groups excluding tert-OH is 1. The van der Waals surface area contributed by atoms with E-state index in [4.69, 9.17) is 4.74 Å². The van der Waals surface area contributed by atoms with Crippen LogP contribution in [0.5, 0.6) is 0 Å². The summed E-state index contributed by atoms with van der Waals surface area (Å²) in [6.45, 7) is 8.78. The molecule has 2 rings (SSSR count). The Balaban J connectivity index is 2.22. The van der Waals surface area contributed by atoms with Gasteiger partial charge in [0.05, 0.1) is 11.6 Å². The zero-order chi connectivity index (χ0) is 13.6. The van der Waals surface area contributed by atoms with Crippen molar-refractivity contribution in [2.24, 2.45) is 0 Å². The summed E-state index contributed by atoms with van der Waals surface area (Å²) < 4.78 is 5.48. The largest absolute Gasteiger partial charge is 0.444 e. The van der Waals surface area contributed by atoms with E-state index in [1.165, 1.54) is 0 Å². The lowest BCUT2D eigenvalue weighted by Gasteiger charge is -2.46. The van der Waals surface area contributed by atoms with Gasteiger partial charge in [0.2, 0.25) is 0 Å². The average Bonchev–Trinajstić information content (AvgIpc) is 2.45. The maximum atomic E-state index is 12.3. The Morgan fingerprint density at radius 1 is 1.56 bits per heavy atom. The number of hydrogen-bond acceptors (Lipinski definition) is 4. The van der Waals surface area contributed by atoms with Crippen LogP contribution in [-0.4, -0.2) is 52.5 Å². The molecule has 0 aromatic carbocycles. The van der Waals surface area contributed by atoms with Crippen LogP contribution in [-0.2, 0) is 4.74 Å². The monoisotopic (exact) mass is 256 g/mol. The fraction of sp³-hybridized carbons (Fsp3) is 0.923. The number of fused-ring (bicyclic) bond motifs is 2. The number of carbonyl (C=O) groups is 1. The highest BCUT2D eigenvalue weighted by atomic mass is 16.6. The Bertz CT molecular complexity index is 334. The first-order valence-corrected chi connectivity index (χ1v) is 6.67. The summed E-state index contributed by atoms with van der Waals surface area (Å²) in [6.07, 6.45) is 0.911. The molecule has 2 bridgehead atoms. The number of piperazine rings is 1. The minimum Gasteiger partial charge on any atom is -0.444 e. The summed E-state index contributed by atoms with van der Waals surface area (Å²) in [6, 6.07) is 0.142. The fourth-order valence-corrected chi connectivity index (χ4v) is 3.05. The van der Waals surface area contributed by atoms with Crippen molar-refractivity contribution in [1.29, 1.82) is 0 Å². The predicted octanol–water partition coefficient (Wildman–Crippen LogP) is 1.11. The van der Waals surface area contributed by atoms with Crippen molar-refractivity contribution < 1.29 is 14.6 Å². The summed E-state index contributed by atoms with van der Waals surface area (Å²) in [4.78, 5) is 14.1. The highest BCUT2D eigenvalue weighted by Crippen LogP contribution is 2.39. The van der Waals surface area contributed by atoms with Crippen LogP contribution in [0, 0.1) is 0 Å². The van der Waals surface area contributed by atoms with Gasteiger partial charge in [-0.15, -0.1) is 0 Å². The molecule has 3 atom stereocenters. The van der Waals surface area contributed by atoms with Gasteiger partial charge in [-0.25, -0.2) is 4.79 Å². The van der Waals surface area contributed by atoms with Crippen molar-refractivity contribution in [3.05, 3.63) is 0 Å². The van der Waals surface area contributed by atoms with Gasteiger partial charge in [0, 0.05) is 19.1 Å². The number of carbonyl (C=O) groups excluding carboxylic acids is 1. The van der Waals surface area contributed by atoms with E-state index in [0.29, 0.717) is 6.54 Å². The average molecular weight is 256 g/mol. The van der Waals surface area contributed by atoms with Crippen molar-refractivity contribution >= 4 is 6.09 Å². The Kier molecular flexibility index (Phi) is 3.32. The van der Waals surface area contributed by atoms with Crippen molar-refractivity contribution in [2.75, 3.05) is 13.1 Å². The van der Waals surface area contributed by atoms with Gasteiger partial charge in [-0.3, -0.25) is 4.90 Å². The van der Waals surface area contributed by atoms with Crippen LogP contribution in [0.3, 0.4) is 0 Å². The number of amides is 1. The minimum absolute atomic E-state index is 0.142. The van der Waals surface area contributed by atoms with Gasteiger partial charge in [0.25, 0.3) is 0 Å². The van der Waals surface area contributed by atoms with E-state index in [9.17, 15) is 9.90 Å². The van der Waals surface area contributed by atoms with Crippen molar-refractivity contribution in [3.63, 3.8) is 0 Å². The molecule has 2 aliphatic heterocycles. The molecule has 0 saturated carbocycles. The first-order valence-electron chi connectivity index (χ1n) is 6.67. The molecule has 2 unspecified atom stereocenters. The van der Waals surface area contributed by atoms with Gasteiger partial charge >= 0.3 is 6.09 Å². The van der Waals surface area contributed by atoms with E-state index >= 15 is 0 Å². The summed E-state index contributed by atoms with van der Waals surface area (Å²) in [5.41, 5.74) is -0.994. The smallest absolute Gasteiger partial charge is 0.411 e. The second-order valence-corrected chi connectivity index (χ2v) is 6.45. The number of rotatable bonds is 1. The molecule has 1 amide bonds. The topological polar surface area (TPSA) is 61.8 Å². The van der Waals surface area contributed by atoms with E-state index in [0.717, 1.165) is 19.4 Å². The van der Waals surface area contributed by atoms with Gasteiger partial charge in [0.15, 0.2) is 0 Å². The predicted molar refractivity (Wildman–Crippen MR) is 68.4 cm³/mol. The molecular weight excluding hydrogens is 232 g/mol. The molecular formula is C13H24N2O3. The fourth-order valence-electron chi connectivity index (χ4n) is 3.05. The first kappa shape index (κ1) is 13.6. The van der Waals surface area contributed by atoms with Crippen LogP contribution in [0.4, 0.5) is 4.79 Å². The number of ether oxygens (including phenoxy) is 1. The summed E-state index contributed by atoms with van der Waals surface area (Å²) in [7, 11) is 0. The van der Waals surface area contributed by atoms with Gasteiger partial charge in [-0.05, 0) is 40.5 Å². The van der Waals surface area contributed by atoms with Gasteiger partial charge in [-0.1, -0.05) is 0 Å². The number of aliphatic hydroxyl groups is 1. The van der Waals surface area contributed by atoms with Gasteiger partial charge < -0.3 is 15.2 Å². The van der Waals surface area contributed by atoms with Crippen LogP contribution in [0.2, 0.25) is 0 Å². The molecule has 0 aromatic rings. The summed E-state index contributed by atoms with van der Waals surface area (Å²) in [5, 5.41) is 13.4. The maximum Gasteiger partial charge on any atom is 0.411 e. The summed E-state index contributed by atoms with van der Waals surface area (Å²) >= 11 is 0. The molecule has 2 saturated heterocycles. The lowest BCUT2D eigenvalue weighted by Crippen LogP contribution is -2.67. The van der Waals surface area contributed by atoms with Crippen molar-refractivity contribution in [1.82, 2.24) is 10.2 Å². The zero-order valence-electron chi connectivity index (χ0n) is 11.7. The van der Waals surface area contributed by atoms with Crippen LogP contribution < -0.4 is 5.32 Å². The third kappa shape index (κ3) is 2.21. The zero-order valence-corrected chi connectivity index (χ0v) is 11.7. The van der Waals surface area contributed by atoms with E-state index in [2.05, 4.69) is 5.32 Å². The van der Waals surface area contributed by atoms with Crippen LogP contribution in [0.1, 0.15) is 40.5 Å². The minimum atomic E-state index is -0.553. The molecule has 18 heavy (non-hydrogen) atoms. The molecule has 2 heterocycles. The molecule has 2 N–H and O–H groups in total. The molecule has 5 nitrogen and oxygen atoms in total. The molecule has 5 heteroatoms. The molecule has 0 radical (unpaired) electrons. The first-order chi connectivity index (χ1) is 8.26. The van der Waals surface area contributed by atoms with Gasteiger partial charge in [0.1, 0.15) is 5.60 Å². The normalized spacial score (nSPS) is 33.4. The second kappa shape index (κ2) is 4.38. The SMILES string of the molecule is C[C@H](O)C12CCC(CNC1)N2C(=O)OC(C)(C)C. The Hall–Kier alpha value is -0.810. The number of nitrogens with one attached hydrogen (secondary N) is 1. The number of nitrogens with zero attached hydrogens (tertiary/aromatic N) is 1. The number of hydrogen-bond donors (Lipinski definition) is 2. The maximum absolute atomic E-state index is 12.3. The van der Waals surface area contributed by atoms with E-state index < -0.39 is 17.2 Å². The Morgan fingerprint density at radius 3 is 2.78 bits per heavy atom. The Labute approximate surface area is 108 Å². The highest BCUT2D eigenvalue weighted by molar-refractivity contribution is 5.71. The van der Waals surface area contributed by atoms with Crippen LogP contribution in [0.15, 0.2) is 0 Å². The quantitative estimate of drug-likeness (QED) is 0.738. The highest BCUT2D eigenvalue weighted by Gasteiger charge is 2.55. The van der Waals surface area contributed by atoms with Crippen molar-refractivity contribution in [3.8, 4) is 0 Å². The van der Waals surface area contributed by atoms with Crippen molar-refractivity contribution in [2.45, 2.75) is 63.8 Å². The van der Waals surface area contributed by atoms with Gasteiger partial charge in [-0.2, -0.15) is 0 Å². The molecule has 0 aromatic heterocycles. The van der Waals surface area contributed by atoms with Crippen LogP contribution >= 0.6 is 0 Å². The summed E-state index contributed by atoms with van der Waals surface area (Å²) in [5.74, 6) is 0. The van der Waals surface area contributed by atoms with E-state index in [-0.39, 0.29) is 12.1 Å². The molecule has 2 fully saturated rings.